The maximum absolute atomic E-state index is 12.1. The maximum Gasteiger partial charge on any atom is 0.306 e. The molecule has 6 nitrogen and oxygen atoms in total. The van der Waals surface area contributed by atoms with Crippen molar-refractivity contribution >= 4 is 16.1 Å². The molecule has 1 atom stereocenters. The van der Waals surface area contributed by atoms with Crippen LogP contribution in [0.5, 0.6) is 0 Å². The monoisotopic (exact) mass is 474 g/mol. The Morgan fingerprint density at radius 1 is 0.875 bits per heavy atom. The molecular formula is C25H48NO5S-. The molecular weight excluding hydrogens is 426 g/mol. The molecule has 1 saturated carbocycles. The van der Waals surface area contributed by atoms with Crippen LogP contribution in [0.15, 0.2) is 0 Å². The Bertz CT molecular complexity index is 561. The Morgan fingerprint density at radius 3 is 1.88 bits per heavy atom. The van der Waals surface area contributed by atoms with Gasteiger partial charge in [0.1, 0.15) is 6.10 Å². The number of nitrogens with one attached hydrogen (secondary N) is 1. The van der Waals surface area contributed by atoms with Gasteiger partial charge >= 0.3 is 5.97 Å². The second kappa shape index (κ2) is 18.7. The lowest BCUT2D eigenvalue weighted by Gasteiger charge is -2.26. The number of hydrogen-bond acceptors (Lipinski definition) is 6. The van der Waals surface area contributed by atoms with E-state index in [0.717, 1.165) is 44.9 Å². The molecule has 1 unspecified atom stereocenters. The SMILES string of the molecule is CCCCCCCCCCCCCCCC(=O)OC(CNC1CCCCC1)CS(=O)(=O)[O-]. The Morgan fingerprint density at radius 2 is 1.38 bits per heavy atom. The third-order valence-corrected chi connectivity index (χ3v) is 7.19. The maximum atomic E-state index is 12.1. The van der Waals surface area contributed by atoms with Crippen LogP contribution in [-0.2, 0) is 19.6 Å². The average Bonchev–Trinajstić information content (AvgIpc) is 2.75. The zero-order chi connectivity index (χ0) is 23.5. The molecule has 1 fully saturated rings. The molecule has 32 heavy (non-hydrogen) atoms. The van der Waals surface area contributed by atoms with Gasteiger partial charge in [-0.15, -0.1) is 0 Å². The van der Waals surface area contributed by atoms with Crippen molar-refractivity contribution in [3.8, 4) is 0 Å². The smallest absolute Gasteiger partial charge is 0.306 e. The lowest BCUT2D eigenvalue weighted by Crippen LogP contribution is -2.41. The van der Waals surface area contributed by atoms with E-state index < -0.39 is 27.9 Å². The van der Waals surface area contributed by atoms with Crippen molar-refractivity contribution in [1.29, 1.82) is 0 Å². The fourth-order valence-corrected chi connectivity index (χ4v) is 5.14. The molecule has 0 amide bonds. The van der Waals surface area contributed by atoms with E-state index in [1.54, 1.807) is 0 Å². The van der Waals surface area contributed by atoms with Gasteiger partial charge in [0, 0.05) is 19.0 Å². The largest absolute Gasteiger partial charge is 0.748 e. The molecule has 0 saturated heterocycles. The summed E-state index contributed by atoms with van der Waals surface area (Å²) in [5.41, 5.74) is 0. The average molecular weight is 475 g/mol. The fourth-order valence-electron chi connectivity index (χ4n) is 4.50. The quantitative estimate of drug-likeness (QED) is 0.135. The summed E-state index contributed by atoms with van der Waals surface area (Å²) in [7, 11) is -4.44. The second-order valence-corrected chi connectivity index (χ2v) is 11.0. The van der Waals surface area contributed by atoms with Crippen LogP contribution in [0.2, 0.25) is 0 Å². The zero-order valence-electron chi connectivity index (χ0n) is 20.5. The topological polar surface area (TPSA) is 95.5 Å². The number of rotatable bonds is 20. The third kappa shape index (κ3) is 17.8. The van der Waals surface area contributed by atoms with E-state index >= 15 is 0 Å². The van der Waals surface area contributed by atoms with Crippen molar-refractivity contribution in [1.82, 2.24) is 5.32 Å². The Kier molecular flexibility index (Phi) is 17.2. The molecule has 0 heterocycles. The van der Waals surface area contributed by atoms with Crippen molar-refractivity contribution in [3.05, 3.63) is 0 Å². The van der Waals surface area contributed by atoms with Gasteiger partial charge in [-0.3, -0.25) is 4.79 Å². The van der Waals surface area contributed by atoms with Gasteiger partial charge in [0.2, 0.25) is 0 Å². The highest BCUT2D eigenvalue weighted by Gasteiger charge is 2.20. The normalized spacial score (nSPS) is 16.2. The summed E-state index contributed by atoms with van der Waals surface area (Å²) in [6.45, 7) is 2.48. The van der Waals surface area contributed by atoms with Crippen molar-refractivity contribution in [2.24, 2.45) is 0 Å². The van der Waals surface area contributed by atoms with Crippen LogP contribution in [0.3, 0.4) is 0 Å². The minimum absolute atomic E-state index is 0.233. The second-order valence-electron chi connectivity index (χ2n) is 9.57. The minimum atomic E-state index is -4.44. The highest BCUT2D eigenvalue weighted by Crippen LogP contribution is 2.18. The molecule has 190 valence electrons. The first kappa shape index (κ1) is 29.4. The standard InChI is InChI=1S/C25H49NO5S/c1-2-3-4-5-6-7-8-9-10-11-12-13-17-20-25(27)31-24(22-32(28,29)30)21-26-23-18-15-14-16-19-23/h23-24,26H,2-22H2,1H3,(H,28,29,30)/p-1. The molecule has 0 bridgehead atoms. The third-order valence-electron chi connectivity index (χ3n) is 6.41. The molecule has 0 aromatic carbocycles. The Labute approximate surface area is 197 Å². The van der Waals surface area contributed by atoms with Gasteiger partial charge in [0.25, 0.3) is 0 Å². The van der Waals surface area contributed by atoms with E-state index in [9.17, 15) is 17.8 Å². The zero-order valence-corrected chi connectivity index (χ0v) is 21.3. The van der Waals surface area contributed by atoms with E-state index in [4.69, 9.17) is 4.74 Å². The fraction of sp³-hybridized carbons (Fsp3) is 0.960. The predicted octanol–water partition coefficient (Wildman–Crippen LogP) is 5.85. The summed E-state index contributed by atoms with van der Waals surface area (Å²) in [5.74, 6) is -1.05. The van der Waals surface area contributed by atoms with Gasteiger partial charge in [0.05, 0.1) is 15.9 Å². The summed E-state index contributed by atoms with van der Waals surface area (Å²) in [4.78, 5) is 12.1. The van der Waals surface area contributed by atoms with E-state index in [1.165, 1.54) is 70.6 Å². The van der Waals surface area contributed by atoms with Crippen LogP contribution in [0.1, 0.15) is 129 Å². The van der Waals surface area contributed by atoms with Crippen molar-refractivity contribution < 1.29 is 22.5 Å². The molecule has 1 aliphatic rings. The van der Waals surface area contributed by atoms with Crippen molar-refractivity contribution in [3.63, 3.8) is 0 Å². The molecule has 1 aliphatic carbocycles. The Hall–Kier alpha value is -0.660. The molecule has 7 heteroatoms. The number of carbonyl (C=O) groups excluding carboxylic acids is 1. The predicted molar refractivity (Wildman–Crippen MR) is 130 cm³/mol. The molecule has 0 radical (unpaired) electrons. The van der Waals surface area contributed by atoms with Gasteiger partial charge in [-0.25, -0.2) is 8.42 Å². The number of ether oxygens (including phenoxy) is 1. The van der Waals surface area contributed by atoms with Gasteiger partial charge in [-0.1, -0.05) is 103 Å². The van der Waals surface area contributed by atoms with Crippen LogP contribution in [-0.4, -0.2) is 43.4 Å². The Balaban J connectivity index is 2.07. The number of unbranched alkanes of at least 4 members (excludes halogenated alkanes) is 12. The first-order valence-corrected chi connectivity index (χ1v) is 14.8. The van der Waals surface area contributed by atoms with Gasteiger partial charge in [-0.2, -0.15) is 0 Å². The van der Waals surface area contributed by atoms with Crippen molar-refractivity contribution in [2.75, 3.05) is 12.3 Å². The minimum Gasteiger partial charge on any atom is -0.748 e. The number of esters is 1. The number of hydrogen-bond donors (Lipinski definition) is 1. The van der Waals surface area contributed by atoms with Crippen LogP contribution in [0.4, 0.5) is 0 Å². The van der Waals surface area contributed by atoms with Gasteiger partial charge in [0.15, 0.2) is 0 Å². The molecule has 0 aromatic rings. The lowest BCUT2D eigenvalue weighted by atomic mass is 9.95. The van der Waals surface area contributed by atoms with Gasteiger partial charge < -0.3 is 14.6 Å². The van der Waals surface area contributed by atoms with Crippen molar-refractivity contribution in [2.45, 2.75) is 141 Å². The molecule has 1 rings (SSSR count). The van der Waals surface area contributed by atoms with E-state index in [1.807, 2.05) is 0 Å². The van der Waals surface area contributed by atoms with Crippen LogP contribution in [0.25, 0.3) is 0 Å². The molecule has 0 aromatic heterocycles. The van der Waals surface area contributed by atoms with Crippen LogP contribution >= 0.6 is 0 Å². The van der Waals surface area contributed by atoms with Gasteiger partial charge in [-0.05, 0) is 19.3 Å². The first-order valence-electron chi connectivity index (χ1n) is 13.3. The molecule has 0 aliphatic heterocycles. The van der Waals surface area contributed by atoms with Crippen LogP contribution < -0.4 is 5.32 Å². The summed E-state index contributed by atoms with van der Waals surface area (Å²) in [5, 5.41) is 3.29. The van der Waals surface area contributed by atoms with E-state index in [0.29, 0.717) is 6.04 Å². The highest BCUT2D eigenvalue weighted by atomic mass is 32.2. The summed E-state index contributed by atoms with van der Waals surface area (Å²) < 4.78 is 38.9. The molecule has 0 spiro atoms. The first-order chi connectivity index (χ1) is 15.4. The summed E-state index contributed by atoms with van der Waals surface area (Å²) in [6.07, 6.45) is 21.1. The lowest BCUT2D eigenvalue weighted by molar-refractivity contribution is -0.148. The van der Waals surface area contributed by atoms with E-state index in [-0.39, 0.29) is 13.0 Å². The summed E-state index contributed by atoms with van der Waals surface area (Å²) in [6, 6.07) is 0.320. The van der Waals surface area contributed by atoms with Crippen LogP contribution in [0, 0.1) is 0 Å². The highest BCUT2D eigenvalue weighted by molar-refractivity contribution is 7.85. The molecule has 1 N–H and O–H groups in total. The summed E-state index contributed by atoms with van der Waals surface area (Å²) >= 11 is 0. The number of carbonyl (C=O) groups is 1. The van der Waals surface area contributed by atoms with E-state index in [2.05, 4.69) is 12.2 Å².